The lowest BCUT2D eigenvalue weighted by Crippen LogP contribution is -2.16. The van der Waals surface area contributed by atoms with Crippen LogP contribution in [0.4, 0.5) is 0 Å². The van der Waals surface area contributed by atoms with Crippen LogP contribution in [0, 0.1) is 6.92 Å². The van der Waals surface area contributed by atoms with Crippen molar-refractivity contribution in [3.8, 4) is 0 Å². The Balaban J connectivity index is 2.28. The Morgan fingerprint density at radius 3 is 2.47 bits per heavy atom. The van der Waals surface area contributed by atoms with Crippen LogP contribution in [0.3, 0.4) is 0 Å². The molecule has 0 aliphatic carbocycles. The summed E-state index contributed by atoms with van der Waals surface area (Å²) in [6.45, 7) is 1.72. The second-order valence-corrected chi connectivity index (χ2v) is 8.47. The number of rotatable bonds is 4. The number of aryl methyl sites for hydroxylation is 1. The first-order valence-electron chi connectivity index (χ1n) is 5.47. The molecule has 100 valence electrons. The third-order valence-corrected chi connectivity index (χ3v) is 6.03. The highest BCUT2D eigenvalue weighted by atomic mass is 79.9. The first-order valence-corrected chi connectivity index (χ1v) is 8.73. The lowest BCUT2D eigenvalue weighted by atomic mass is 10.2. The molecular weight excluding hydrogens is 348 g/mol. The molecule has 1 heterocycles. The number of carbonyl (C=O) groups excluding carboxylic acids is 1. The lowest BCUT2D eigenvalue weighted by molar-refractivity contribution is 0.102. The SMILES string of the molecule is Cc1ccccc1S(=O)(=O)CC(=O)c1ccc(Br)s1. The summed E-state index contributed by atoms with van der Waals surface area (Å²) >= 11 is 4.49. The minimum Gasteiger partial charge on any atom is -0.292 e. The van der Waals surface area contributed by atoms with Crippen LogP contribution in [0.25, 0.3) is 0 Å². The molecule has 2 aromatic rings. The van der Waals surface area contributed by atoms with Gasteiger partial charge in [-0.25, -0.2) is 8.42 Å². The van der Waals surface area contributed by atoms with Crippen molar-refractivity contribution in [3.05, 3.63) is 50.6 Å². The molecule has 0 unspecified atom stereocenters. The smallest absolute Gasteiger partial charge is 0.188 e. The maximum absolute atomic E-state index is 12.2. The van der Waals surface area contributed by atoms with E-state index in [2.05, 4.69) is 15.9 Å². The monoisotopic (exact) mass is 358 g/mol. The molecule has 1 aromatic heterocycles. The molecule has 0 bridgehead atoms. The van der Waals surface area contributed by atoms with Crippen LogP contribution in [-0.4, -0.2) is 20.0 Å². The third-order valence-electron chi connectivity index (χ3n) is 2.60. The highest BCUT2D eigenvalue weighted by Gasteiger charge is 2.22. The Hall–Kier alpha value is -0.980. The second kappa shape index (κ2) is 5.56. The van der Waals surface area contributed by atoms with E-state index in [9.17, 15) is 13.2 Å². The summed E-state index contributed by atoms with van der Waals surface area (Å²) in [6.07, 6.45) is 0. The van der Waals surface area contributed by atoms with Crippen LogP contribution in [-0.2, 0) is 9.84 Å². The summed E-state index contributed by atoms with van der Waals surface area (Å²) in [4.78, 5) is 12.6. The van der Waals surface area contributed by atoms with Gasteiger partial charge < -0.3 is 0 Å². The van der Waals surface area contributed by atoms with Gasteiger partial charge in [0.15, 0.2) is 15.6 Å². The Labute approximate surface area is 124 Å². The van der Waals surface area contributed by atoms with E-state index >= 15 is 0 Å². The van der Waals surface area contributed by atoms with Gasteiger partial charge in [0, 0.05) is 0 Å². The molecule has 0 N–H and O–H groups in total. The van der Waals surface area contributed by atoms with Crippen molar-refractivity contribution < 1.29 is 13.2 Å². The van der Waals surface area contributed by atoms with Gasteiger partial charge in [0.1, 0.15) is 5.75 Å². The third kappa shape index (κ3) is 3.32. The largest absolute Gasteiger partial charge is 0.292 e. The van der Waals surface area contributed by atoms with Crippen LogP contribution >= 0.6 is 27.3 Å². The molecule has 0 atom stereocenters. The predicted octanol–water partition coefficient (Wildman–Crippen LogP) is 3.48. The average molecular weight is 359 g/mol. The second-order valence-electron chi connectivity index (χ2n) is 4.05. The molecule has 3 nitrogen and oxygen atoms in total. The number of halogens is 1. The molecule has 1 aromatic carbocycles. The molecule has 0 saturated heterocycles. The Kier molecular flexibility index (Phi) is 4.23. The van der Waals surface area contributed by atoms with E-state index in [1.54, 1.807) is 37.3 Å². The standard InChI is InChI=1S/C13H11BrO3S2/c1-9-4-2-3-5-12(9)19(16,17)8-10(15)11-6-7-13(14)18-11/h2-7H,8H2,1H3. The molecular formula is C13H11BrO3S2. The summed E-state index contributed by atoms with van der Waals surface area (Å²) < 4.78 is 25.2. The van der Waals surface area contributed by atoms with Crippen LogP contribution < -0.4 is 0 Å². The molecule has 0 aliphatic rings. The Morgan fingerprint density at radius 2 is 1.89 bits per heavy atom. The number of hydrogen-bond donors (Lipinski definition) is 0. The summed E-state index contributed by atoms with van der Waals surface area (Å²) in [7, 11) is -3.59. The van der Waals surface area contributed by atoms with Crippen molar-refractivity contribution in [2.24, 2.45) is 0 Å². The maximum Gasteiger partial charge on any atom is 0.188 e. The van der Waals surface area contributed by atoms with Crippen molar-refractivity contribution in [3.63, 3.8) is 0 Å². The van der Waals surface area contributed by atoms with Crippen molar-refractivity contribution in [2.45, 2.75) is 11.8 Å². The Bertz CT molecular complexity index is 717. The number of carbonyl (C=O) groups is 1. The quantitative estimate of drug-likeness (QED) is 0.786. The van der Waals surface area contributed by atoms with E-state index < -0.39 is 15.6 Å². The van der Waals surface area contributed by atoms with Gasteiger partial charge in [-0.2, -0.15) is 0 Å². The summed E-state index contributed by atoms with van der Waals surface area (Å²) in [5.41, 5.74) is 0.655. The molecule has 0 radical (unpaired) electrons. The van der Waals surface area contributed by atoms with Crippen molar-refractivity contribution >= 4 is 42.9 Å². The molecule has 0 saturated carbocycles. The van der Waals surface area contributed by atoms with Gasteiger partial charge in [0.2, 0.25) is 0 Å². The highest BCUT2D eigenvalue weighted by Crippen LogP contribution is 2.24. The first-order chi connectivity index (χ1) is 8.90. The zero-order valence-electron chi connectivity index (χ0n) is 10.1. The number of hydrogen-bond acceptors (Lipinski definition) is 4. The van der Waals surface area contributed by atoms with E-state index in [-0.39, 0.29) is 10.7 Å². The average Bonchev–Trinajstić information content (AvgIpc) is 2.76. The van der Waals surface area contributed by atoms with Crippen LogP contribution in [0.1, 0.15) is 15.2 Å². The van der Waals surface area contributed by atoms with E-state index in [0.717, 1.165) is 3.79 Å². The normalized spacial score (nSPS) is 11.5. The molecule has 0 fully saturated rings. The summed E-state index contributed by atoms with van der Waals surface area (Å²) in [6, 6.07) is 10.0. The van der Waals surface area contributed by atoms with Crippen molar-refractivity contribution in [1.82, 2.24) is 0 Å². The van der Waals surface area contributed by atoms with E-state index in [1.165, 1.54) is 17.4 Å². The summed E-state index contributed by atoms with van der Waals surface area (Å²) in [5, 5.41) is 0. The molecule has 0 aliphatic heterocycles. The van der Waals surface area contributed by atoms with Gasteiger partial charge >= 0.3 is 0 Å². The van der Waals surface area contributed by atoms with Crippen molar-refractivity contribution in [2.75, 3.05) is 5.75 Å². The number of ketones is 1. The van der Waals surface area contributed by atoms with E-state index in [0.29, 0.717) is 10.4 Å². The van der Waals surface area contributed by atoms with E-state index in [1.807, 2.05) is 0 Å². The molecule has 0 amide bonds. The topological polar surface area (TPSA) is 51.2 Å². The van der Waals surface area contributed by atoms with Gasteiger partial charge in [0.25, 0.3) is 0 Å². The lowest BCUT2D eigenvalue weighted by Gasteiger charge is -2.06. The van der Waals surface area contributed by atoms with Gasteiger partial charge in [-0.1, -0.05) is 18.2 Å². The number of benzene rings is 1. The van der Waals surface area contributed by atoms with E-state index in [4.69, 9.17) is 0 Å². The predicted molar refractivity (Wildman–Crippen MR) is 79.6 cm³/mol. The zero-order valence-corrected chi connectivity index (χ0v) is 13.3. The molecule has 6 heteroatoms. The number of Topliss-reactive ketones (excluding diaryl/α,β-unsaturated/α-hetero) is 1. The fourth-order valence-corrected chi connectivity index (χ4v) is 4.61. The summed E-state index contributed by atoms with van der Waals surface area (Å²) in [5.74, 6) is -0.871. The molecule has 19 heavy (non-hydrogen) atoms. The minimum absolute atomic E-state index is 0.221. The first kappa shape index (κ1) is 14.4. The minimum atomic E-state index is -3.59. The molecule has 0 spiro atoms. The number of thiophene rings is 1. The highest BCUT2D eigenvalue weighted by molar-refractivity contribution is 9.11. The fourth-order valence-electron chi connectivity index (χ4n) is 1.69. The van der Waals surface area contributed by atoms with Gasteiger partial charge in [-0.3, -0.25) is 4.79 Å². The van der Waals surface area contributed by atoms with Crippen molar-refractivity contribution in [1.29, 1.82) is 0 Å². The van der Waals surface area contributed by atoms with Gasteiger partial charge in [-0.15, -0.1) is 11.3 Å². The number of sulfone groups is 1. The zero-order chi connectivity index (χ0) is 14.0. The van der Waals surface area contributed by atoms with Gasteiger partial charge in [-0.05, 0) is 46.6 Å². The fraction of sp³-hybridized carbons (Fsp3) is 0.154. The molecule has 2 rings (SSSR count). The van der Waals surface area contributed by atoms with Crippen LogP contribution in [0.2, 0.25) is 0 Å². The van der Waals surface area contributed by atoms with Crippen LogP contribution in [0.5, 0.6) is 0 Å². The Morgan fingerprint density at radius 1 is 1.21 bits per heavy atom. The maximum atomic E-state index is 12.2. The van der Waals surface area contributed by atoms with Crippen LogP contribution in [0.15, 0.2) is 45.1 Å². The van der Waals surface area contributed by atoms with Gasteiger partial charge in [0.05, 0.1) is 13.6 Å².